The first-order valence-corrected chi connectivity index (χ1v) is 8.29. The van der Waals surface area contributed by atoms with Gasteiger partial charge in [-0.1, -0.05) is 0 Å². The molecule has 0 radical (unpaired) electrons. The Kier molecular flexibility index (Phi) is 5.59. The molecule has 110 valence electrons. The van der Waals surface area contributed by atoms with Crippen molar-refractivity contribution < 1.29 is 23.1 Å². The lowest BCUT2D eigenvalue weighted by Crippen LogP contribution is -2.41. The van der Waals surface area contributed by atoms with Crippen LogP contribution in [0.3, 0.4) is 0 Å². The Balaban J connectivity index is 2.17. The van der Waals surface area contributed by atoms with Crippen molar-refractivity contribution in [3.8, 4) is 0 Å². The number of hydrogen-bond acceptors (Lipinski definition) is 4. The molecule has 0 spiro atoms. The summed E-state index contributed by atoms with van der Waals surface area (Å²) in [6, 6.07) is -0.486. The molecular weight excluding hydrogens is 272 g/mol. The van der Waals surface area contributed by atoms with Crippen molar-refractivity contribution in [2.45, 2.75) is 31.7 Å². The number of carbonyl (C=O) groups excluding carboxylic acids is 1. The summed E-state index contributed by atoms with van der Waals surface area (Å²) in [4.78, 5) is 22.2. The molecule has 0 aromatic rings. The summed E-state index contributed by atoms with van der Waals surface area (Å²) in [5, 5.41) is 14.1. The molecule has 0 saturated heterocycles. The Hall–Kier alpha value is -1.31. The Morgan fingerprint density at radius 3 is 2.53 bits per heavy atom. The van der Waals surface area contributed by atoms with Crippen LogP contribution in [0.2, 0.25) is 0 Å². The molecule has 3 N–H and O–H groups in total. The zero-order chi connectivity index (χ0) is 14.5. The summed E-state index contributed by atoms with van der Waals surface area (Å²) in [5.74, 6) is -1.16. The molecule has 2 amide bonds. The quantitative estimate of drug-likeness (QED) is 0.595. The summed E-state index contributed by atoms with van der Waals surface area (Å²) in [7, 11) is -3.00. The van der Waals surface area contributed by atoms with Crippen LogP contribution in [0.5, 0.6) is 0 Å². The van der Waals surface area contributed by atoms with E-state index < -0.39 is 15.8 Å². The van der Waals surface area contributed by atoms with Crippen molar-refractivity contribution >= 4 is 21.8 Å². The van der Waals surface area contributed by atoms with Gasteiger partial charge in [-0.2, -0.15) is 0 Å². The number of hydrogen-bond donors (Lipinski definition) is 3. The predicted molar refractivity (Wildman–Crippen MR) is 69.6 cm³/mol. The number of carbonyl (C=O) groups is 2. The lowest BCUT2D eigenvalue weighted by atomic mass is 10.1. The number of nitrogens with one attached hydrogen (secondary N) is 2. The minimum Gasteiger partial charge on any atom is -0.481 e. The molecule has 1 fully saturated rings. The van der Waals surface area contributed by atoms with Crippen LogP contribution in [0.15, 0.2) is 0 Å². The molecular formula is C11H20N2O5S. The third-order valence-electron chi connectivity index (χ3n) is 3.09. The smallest absolute Gasteiger partial charge is 0.315 e. The third kappa shape index (κ3) is 6.42. The van der Waals surface area contributed by atoms with Crippen molar-refractivity contribution in [3.63, 3.8) is 0 Å². The second-order valence-corrected chi connectivity index (χ2v) is 7.19. The summed E-state index contributed by atoms with van der Waals surface area (Å²) < 4.78 is 21.7. The van der Waals surface area contributed by atoms with E-state index in [1.165, 1.54) is 0 Å². The second kappa shape index (κ2) is 6.74. The molecule has 7 nitrogen and oxygen atoms in total. The molecule has 1 rings (SSSR count). The SMILES string of the molecule is CS(=O)(=O)CCCNC(=O)NC1CCC(C(=O)O)C1. The first-order chi connectivity index (χ1) is 8.78. The van der Waals surface area contributed by atoms with Crippen molar-refractivity contribution in [1.29, 1.82) is 0 Å². The van der Waals surface area contributed by atoms with Gasteiger partial charge in [-0.3, -0.25) is 4.79 Å². The Morgan fingerprint density at radius 2 is 2.00 bits per heavy atom. The average molecular weight is 292 g/mol. The minimum absolute atomic E-state index is 0.0395. The van der Waals surface area contributed by atoms with Crippen LogP contribution < -0.4 is 10.6 Å². The topological polar surface area (TPSA) is 113 Å². The van der Waals surface area contributed by atoms with Crippen LogP contribution in [-0.4, -0.2) is 50.1 Å². The average Bonchev–Trinajstić information content (AvgIpc) is 2.71. The van der Waals surface area contributed by atoms with E-state index in [0.29, 0.717) is 25.7 Å². The van der Waals surface area contributed by atoms with Crippen LogP contribution in [0, 0.1) is 5.92 Å². The first kappa shape index (κ1) is 15.7. The number of aliphatic carboxylic acids is 1. The molecule has 0 bridgehead atoms. The lowest BCUT2D eigenvalue weighted by molar-refractivity contribution is -0.141. The van der Waals surface area contributed by atoms with Gasteiger partial charge < -0.3 is 15.7 Å². The van der Waals surface area contributed by atoms with E-state index >= 15 is 0 Å². The first-order valence-electron chi connectivity index (χ1n) is 6.23. The zero-order valence-corrected chi connectivity index (χ0v) is 11.7. The van der Waals surface area contributed by atoms with Crippen molar-refractivity contribution in [2.75, 3.05) is 18.6 Å². The van der Waals surface area contributed by atoms with Gasteiger partial charge in [0.2, 0.25) is 0 Å². The summed E-state index contributed by atoms with van der Waals surface area (Å²) in [6.07, 6.45) is 3.21. The fraction of sp³-hybridized carbons (Fsp3) is 0.818. The summed E-state index contributed by atoms with van der Waals surface area (Å²) in [6.45, 7) is 0.286. The van der Waals surface area contributed by atoms with Crippen LogP contribution in [-0.2, 0) is 14.6 Å². The summed E-state index contributed by atoms with van der Waals surface area (Å²) in [5.41, 5.74) is 0. The molecule has 0 heterocycles. The van der Waals surface area contributed by atoms with Crippen LogP contribution in [0.4, 0.5) is 4.79 Å². The molecule has 0 aliphatic heterocycles. The largest absolute Gasteiger partial charge is 0.481 e. The monoisotopic (exact) mass is 292 g/mol. The third-order valence-corrected chi connectivity index (χ3v) is 4.12. The van der Waals surface area contributed by atoms with Gasteiger partial charge in [0.05, 0.1) is 11.7 Å². The van der Waals surface area contributed by atoms with Crippen LogP contribution in [0.25, 0.3) is 0 Å². The number of carboxylic acids is 1. The molecule has 19 heavy (non-hydrogen) atoms. The van der Waals surface area contributed by atoms with Gasteiger partial charge in [-0.05, 0) is 25.7 Å². The second-order valence-electron chi connectivity index (χ2n) is 4.93. The highest BCUT2D eigenvalue weighted by Crippen LogP contribution is 2.25. The summed E-state index contributed by atoms with van der Waals surface area (Å²) >= 11 is 0. The highest BCUT2D eigenvalue weighted by Gasteiger charge is 2.30. The van der Waals surface area contributed by atoms with E-state index in [9.17, 15) is 18.0 Å². The van der Waals surface area contributed by atoms with Gasteiger partial charge in [0.15, 0.2) is 0 Å². The Morgan fingerprint density at radius 1 is 1.32 bits per heavy atom. The number of carboxylic acid groups (broad SMARTS) is 1. The van der Waals surface area contributed by atoms with Crippen molar-refractivity contribution in [2.24, 2.45) is 5.92 Å². The maximum absolute atomic E-state index is 11.5. The molecule has 2 unspecified atom stereocenters. The Bertz CT molecular complexity index is 434. The zero-order valence-electron chi connectivity index (χ0n) is 10.9. The van der Waals surface area contributed by atoms with Gasteiger partial charge in [-0.25, -0.2) is 13.2 Å². The number of urea groups is 1. The number of amides is 2. The minimum atomic E-state index is -3.00. The molecule has 0 aromatic carbocycles. The van der Waals surface area contributed by atoms with Gasteiger partial charge >= 0.3 is 12.0 Å². The van der Waals surface area contributed by atoms with Gasteiger partial charge in [-0.15, -0.1) is 0 Å². The fourth-order valence-electron chi connectivity index (χ4n) is 2.11. The Labute approximate surface area is 112 Å². The molecule has 1 aliphatic carbocycles. The van der Waals surface area contributed by atoms with E-state index in [1.807, 2.05) is 0 Å². The molecule has 0 aromatic heterocycles. The fourth-order valence-corrected chi connectivity index (χ4v) is 2.78. The lowest BCUT2D eigenvalue weighted by Gasteiger charge is -2.13. The van der Waals surface area contributed by atoms with Gasteiger partial charge in [0.1, 0.15) is 9.84 Å². The van der Waals surface area contributed by atoms with Crippen LogP contribution in [0.1, 0.15) is 25.7 Å². The van der Waals surface area contributed by atoms with Crippen molar-refractivity contribution in [1.82, 2.24) is 10.6 Å². The van der Waals surface area contributed by atoms with Crippen LogP contribution >= 0.6 is 0 Å². The number of sulfone groups is 1. The molecule has 2 atom stereocenters. The van der Waals surface area contributed by atoms with E-state index in [1.54, 1.807) is 0 Å². The van der Waals surface area contributed by atoms with E-state index in [-0.39, 0.29) is 30.3 Å². The highest BCUT2D eigenvalue weighted by atomic mass is 32.2. The van der Waals surface area contributed by atoms with E-state index in [2.05, 4.69) is 10.6 Å². The standard InChI is InChI=1S/C11H20N2O5S/c1-19(17,18)6-2-5-12-11(16)13-9-4-3-8(7-9)10(14)15/h8-9H,2-7H2,1H3,(H,14,15)(H2,12,13,16). The number of rotatable bonds is 6. The highest BCUT2D eigenvalue weighted by molar-refractivity contribution is 7.90. The molecule has 8 heteroatoms. The van der Waals surface area contributed by atoms with E-state index in [0.717, 1.165) is 6.26 Å². The van der Waals surface area contributed by atoms with Crippen molar-refractivity contribution in [3.05, 3.63) is 0 Å². The maximum atomic E-state index is 11.5. The van der Waals surface area contributed by atoms with E-state index in [4.69, 9.17) is 5.11 Å². The predicted octanol–water partition coefficient (Wildman–Crippen LogP) is -0.0264. The van der Waals surface area contributed by atoms with Gasteiger partial charge in [0.25, 0.3) is 0 Å². The molecule has 1 saturated carbocycles. The van der Waals surface area contributed by atoms with Gasteiger partial charge in [0, 0.05) is 18.8 Å². The molecule has 1 aliphatic rings. The maximum Gasteiger partial charge on any atom is 0.315 e. The normalized spacial score (nSPS) is 23.0.